The standard InChI is InChI=1S/C16H23NO/c1-11-15-9-12-5-6-13(18-4)10-14(12)16(11,2)7-8-17(15)3/h5-6,10-11,15H,7-9H2,1-4H3/t11?,15-,16-/m1/s1. The van der Waals surface area contributed by atoms with Crippen LogP contribution in [0.2, 0.25) is 0 Å². The van der Waals surface area contributed by atoms with E-state index in [9.17, 15) is 0 Å². The first-order valence-electron chi connectivity index (χ1n) is 6.94. The Labute approximate surface area is 110 Å². The molecule has 0 spiro atoms. The molecule has 1 aromatic rings. The second kappa shape index (κ2) is 3.99. The molecule has 1 fully saturated rings. The molecule has 98 valence electrons. The van der Waals surface area contributed by atoms with Crippen LogP contribution in [0.25, 0.3) is 0 Å². The van der Waals surface area contributed by atoms with Crippen LogP contribution < -0.4 is 4.74 Å². The van der Waals surface area contributed by atoms with Gasteiger partial charge in [0.05, 0.1) is 7.11 Å². The van der Waals surface area contributed by atoms with Crippen LogP contribution in [0.4, 0.5) is 0 Å². The SMILES string of the molecule is COc1ccc2c(c1)[C@]1(C)CCN(C)[C@H](C2)C1C. The maximum absolute atomic E-state index is 5.41. The number of ether oxygens (including phenoxy) is 1. The summed E-state index contributed by atoms with van der Waals surface area (Å²) in [5.41, 5.74) is 3.37. The molecule has 0 radical (unpaired) electrons. The van der Waals surface area contributed by atoms with Crippen LogP contribution in [-0.4, -0.2) is 31.6 Å². The number of rotatable bonds is 1. The van der Waals surface area contributed by atoms with Crippen molar-refractivity contribution in [3.63, 3.8) is 0 Å². The van der Waals surface area contributed by atoms with Gasteiger partial charge in [0.1, 0.15) is 5.75 Å². The molecule has 0 N–H and O–H groups in total. The van der Waals surface area contributed by atoms with Crippen molar-refractivity contribution in [2.24, 2.45) is 5.92 Å². The minimum absolute atomic E-state index is 0.319. The predicted molar refractivity (Wildman–Crippen MR) is 74.2 cm³/mol. The number of methoxy groups -OCH3 is 1. The van der Waals surface area contributed by atoms with E-state index in [0.29, 0.717) is 11.5 Å². The maximum atomic E-state index is 5.41. The normalized spacial score (nSPS) is 35.1. The third kappa shape index (κ3) is 1.51. The van der Waals surface area contributed by atoms with Gasteiger partial charge in [-0.1, -0.05) is 19.9 Å². The number of benzene rings is 1. The molecule has 3 atom stereocenters. The van der Waals surface area contributed by atoms with E-state index in [1.54, 1.807) is 7.11 Å². The summed E-state index contributed by atoms with van der Waals surface area (Å²) < 4.78 is 5.41. The summed E-state index contributed by atoms with van der Waals surface area (Å²) in [4.78, 5) is 2.54. The summed E-state index contributed by atoms with van der Waals surface area (Å²) in [6.07, 6.45) is 2.44. The van der Waals surface area contributed by atoms with Gasteiger partial charge < -0.3 is 9.64 Å². The molecule has 1 aromatic carbocycles. The van der Waals surface area contributed by atoms with Gasteiger partial charge in [0.25, 0.3) is 0 Å². The van der Waals surface area contributed by atoms with E-state index in [4.69, 9.17) is 4.74 Å². The Kier molecular flexibility index (Phi) is 2.67. The molecule has 2 bridgehead atoms. The smallest absolute Gasteiger partial charge is 0.119 e. The van der Waals surface area contributed by atoms with Gasteiger partial charge in [-0.05, 0) is 61.0 Å². The monoisotopic (exact) mass is 245 g/mol. The Balaban J connectivity index is 2.13. The van der Waals surface area contributed by atoms with E-state index in [1.165, 1.54) is 30.5 Å². The van der Waals surface area contributed by atoms with Crippen LogP contribution in [0.5, 0.6) is 5.75 Å². The second-order valence-electron chi connectivity index (χ2n) is 6.23. The molecule has 18 heavy (non-hydrogen) atoms. The highest BCUT2D eigenvalue weighted by Crippen LogP contribution is 2.48. The lowest BCUT2D eigenvalue weighted by molar-refractivity contribution is 0.0506. The fourth-order valence-electron chi connectivity index (χ4n) is 3.94. The van der Waals surface area contributed by atoms with E-state index in [-0.39, 0.29) is 0 Å². The van der Waals surface area contributed by atoms with Crippen LogP contribution in [0.3, 0.4) is 0 Å². The van der Waals surface area contributed by atoms with Crippen molar-refractivity contribution >= 4 is 0 Å². The van der Waals surface area contributed by atoms with Crippen molar-refractivity contribution in [3.05, 3.63) is 29.3 Å². The van der Waals surface area contributed by atoms with Gasteiger partial charge in [-0.15, -0.1) is 0 Å². The molecule has 3 rings (SSSR count). The first-order valence-corrected chi connectivity index (χ1v) is 6.94. The molecular weight excluding hydrogens is 222 g/mol. The molecular formula is C16H23NO. The van der Waals surface area contributed by atoms with Gasteiger partial charge in [-0.2, -0.15) is 0 Å². The Morgan fingerprint density at radius 2 is 2.17 bits per heavy atom. The highest BCUT2D eigenvalue weighted by Gasteiger charge is 2.47. The second-order valence-corrected chi connectivity index (χ2v) is 6.23. The molecule has 1 saturated heterocycles. The molecule has 0 aromatic heterocycles. The average molecular weight is 245 g/mol. The molecule has 2 heteroatoms. The largest absolute Gasteiger partial charge is 0.497 e. The highest BCUT2D eigenvalue weighted by atomic mass is 16.5. The van der Waals surface area contributed by atoms with Crippen molar-refractivity contribution < 1.29 is 4.74 Å². The van der Waals surface area contributed by atoms with Crippen molar-refractivity contribution in [3.8, 4) is 5.75 Å². The van der Waals surface area contributed by atoms with E-state index in [1.807, 2.05) is 0 Å². The van der Waals surface area contributed by atoms with Gasteiger partial charge in [-0.25, -0.2) is 0 Å². The Bertz CT molecular complexity index is 470. The van der Waals surface area contributed by atoms with Crippen molar-refractivity contribution in [1.82, 2.24) is 4.90 Å². The zero-order valence-electron chi connectivity index (χ0n) is 11.9. The zero-order chi connectivity index (χ0) is 12.9. The molecule has 2 nitrogen and oxygen atoms in total. The molecule has 0 amide bonds. The van der Waals surface area contributed by atoms with Crippen LogP contribution in [0.15, 0.2) is 18.2 Å². The summed E-state index contributed by atoms with van der Waals surface area (Å²) in [5, 5.41) is 0. The van der Waals surface area contributed by atoms with Gasteiger partial charge in [0.15, 0.2) is 0 Å². The first-order chi connectivity index (χ1) is 8.56. The van der Waals surface area contributed by atoms with Gasteiger partial charge in [-0.3, -0.25) is 0 Å². The van der Waals surface area contributed by atoms with Crippen molar-refractivity contribution in [2.75, 3.05) is 20.7 Å². The molecule has 1 aliphatic heterocycles. The van der Waals surface area contributed by atoms with E-state index >= 15 is 0 Å². The first kappa shape index (κ1) is 12.0. The lowest BCUT2D eigenvalue weighted by atomic mass is 9.59. The van der Waals surface area contributed by atoms with Crippen LogP contribution in [0, 0.1) is 5.92 Å². The third-order valence-electron chi connectivity index (χ3n) is 5.49. The number of likely N-dealkylation sites (tertiary alicyclic amines) is 1. The van der Waals surface area contributed by atoms with Crippen molar-refractivity contribution in [1.29, 1.82) is 0 Å². The molecule has 0 saturated carbocycles. The van der Waals surface area contributed by atoms with E-state index < -0.39 is 0 Å². The Hall–Kier alpha value is -1.02. The van der Waals surface area contributed by atoms with E-state index in [2.05, 4.69) is 44.0 Å². The fraction of sp³-hybridized carbons (Fsp3) is 0.625. The van der Waals surface area contributed by atoms with Crippen LogP contribution in [-0.2, 0) is 11.8 Å². The quantitative estimate of drug-likeness (QED) is 0.754. The van der Waals surface area contributed by atoms with Gasteiger partial charge >= 0.3 is 0 Å². The number of hydrogen-bond acceptors (Lipinski definition) is 2. The zero-order valence-corrected chi connectivity index (χ0v) is 11.9. The number of hydrogen-bond donors (Lipinski definition) is 0. The summed E-state index contributed by atoms with van der Waals surface area (Å²) in [6, 6.07) is 7.34. The lowest BCUT2D eigenvalue weighted by Gasteiger charge is -2.53. The summed E-state index contributed by atoms with van der Waals surface area (Å²) in [6.45, 7) is 6.07. The van der Waals surface area contributed by atoms with E-state index in [0.717, 1.165) is 11.7 Å². The summed E-state index contributed by atoms with van der Waals surface area (Å²) in [5.74, 6) is 1.72. The maximum Gasteiger partial charge on any atom is 0.119 e. The predicted octanol–water partition coefficient (Wildman–Crippen LogP) is 2.85. The fourth-order valence-corrected chi connectivity index (χ4v) is 3.94. The topological polar surface area (TPSA) is 12.5 Å². The molecule has 1 heterocycles. The summed E-state index contributed by atoms with van der Waals surface area (Å²) >= 11 is 0. The minimum Gasteiger partial charge on any atom is -0.497 e. The number of nitrogens with zero attached hydrogens (tertiary/aromatic N) is 1. The average Bonchev–Trinajstić information content (AvgIpc) is 2.38. The Morgan fingerprint density at radius 1 is 1.39 bits per heavy atom. The summed E-state index contributed by atoms with van der Waals surface area (Å²) in [7, 11) is 4.03. The number of piperidine rings is 1. The van der Waals surface area contributed by atoms with Crippen molar-refractivity contribution in [2.45, 2.75) is 38.1 Å². The molecule has 2 aliphatic rings. The van der Waals surface area contributed by atoms with Crippen LogP contribution in [0.1, 0.15) is 31.4 Å². The Morgan fingerprint density at radius 3 is 2.89 bits per heavy atom. The van der Waals surface area contributed by atoms with Crippen LogP contribution >= 0.6 is 0 Å². The lowest BCUT2D eigenvalue weighted by Crippen LogP contribution is -2.56. The molecule has 1 unspecified atom stereocenters. The molecule has 1 aliphatic carbocycles. The minimum atomic E-state index is 0.319. The third-order valence-corrected chi connectivity index (χ3v) is 5.49. The number of fused-ring (bicyclic) bond motifs is 4. The number of likely N-dealkylation sites (N-methyl/N-ethyl adjacent to an activating group) is 1. The highest BCUT2D eigenvalue weighted by molar-refractivity contribution is 5.44. The van der Waals surface area contributed by atoms with Gasteiger partial charge in [0, 0.05) is 6.04 Å². The van der Waals surface area contributed by atoms with Gasteiger partial charge in [0.2, 0.25) is 0 Å².